The molecule has 0 bridgehead atoms. The summed E-state index contributed by atoms with van der Waals surface area (Å²) < 4.78 is 2.01. The fourth-order valence-corrected chi connectivity index (χ4v) is 2.41. The lowest BCUT2D eigenvalue weighted by Crippen LogP contribution is -2.15. The van der Waals surface area contributed by atoms with Crippen molar-refractivity contribution < 1.29 is 0 Å². The van der Waals surface area contributed by atoms with Gasteiger partial charge in [0.05, 0.1) is 0 Å². The van der Waals surface area contributed by atoms with Gasteiger partial charge in [0.2, 0.25) is 0 Å². The lowest BCUT2D eigenvalue weighted by atomic mass is 10.1. The van der Waals surface area contributed by atoms with Gasteiger partial charge in [0.1, 0.15) is 5.82 Å². The molecule has 2 aromatic rings. The van der Waals surface area contributed by atoms with Crippen LogP contribution < -0.4 is 5.73 Å². The summed E-state index contributed by atoms with van der Waals surface area (Å²) in [6.45, 7) is 4.01. The third-order valence-electron chi connectivity index (χ3n) is 3.17. The molecule has 0 aromatic carbocycles. The van der Waals surface area contributed by atoms with E-state index in [4.69, 9.17) is 5.73 Å². The van der Waals surface area contributed by atoms with Gasteiger partial charge in [0.15, 0.2) is 0 Å². The van der Waals surface area contributed by atoms with Crippen LogP contribution in [0.3, 0.4) is 0 Å². The zero-order valence-corrected chi connectivity index (χ0v) is 9.96. The second-order valence-corrected chi connectivity index (χ2v) is 4.62. The van der Waals surface area contributed by atoms with Gasteiger partial charge in [0.25, 0.3) is 5.78 Å². The summed E-state index contributed by atoms with van der Waals surface area (Å²) in [5, 5.41) is 8.39. The molecule has 0 saturated carbocycles. The van der Waals surface area contributed by atoms with E-state index < -0.39 is 0 Å². The standard InChI is InChI=1S/C12H15N5/c1-7-5-8(2)17-11(15-16-12(17)14-7)9-3-4-10(13)6-9/h3-5,9-10H,6,13H2,1-2H3. The highest BCUT2D eigenvalue weighted by atomic mass is 15.3. The number of allylic oxidation sites excluding steroid dienone is 1. The van der Waals surface area contributed by atoms with Crippen molar-refractivity contribution in [2.45, 2.75) is 32.2 Å². The molecule has 0 spiro atoms. The number of hydrogen-bond acceptors (Lipinski definition) is 4. The first-order valence-electron chi connectivity index (χ1n) is 5.78. The molecule has 5 heteroatoms. The van der Waals surface area contributed by atoms with Gasteiger partial charge in [-0.3, -0.25) is 4.40 Å². The lowest BCUT2D eigenvalue weighted by Gasteiger charge is -2.09. The van der Waals surface area contributed by atoms with Crippen LogP contribution in [0.15, 0.2) is 18.2 Å². The van der Waals surface area contributed by atoms with E-state index in [2.05, 4.69) is 21.3 Å². The Labute approximate surface area is 99.4 Å². The molecule has 3 rings (SSSR count). The van der Waals surface area contributed by atoms with Crippen molar-refractivity contribution in [3.63, 3.8) is 0 Å². The smallest absolute Gasteiger partial charge is 0.255 e. The molecule has 2 heterocycles. The first-order valence-corrected chi connectivity index (χ1v) is 5.78. The van der Waals surface area contributed by atoms with Gasteiger partial charge in [0, 0.05) is 23.3 Å². The first-order chi connectivity index (χ1) is 8.15. The first kappa shape index (κ1) is 10.4. The number of fused-ring (bicyclic) bond motifs is 1. The van der Waals surface area contributed by atoms with Gasteiger partial charge >= 0.3 is 0 Å². The van der Waals surface area contributed by atoms with E-state index in [1.165, 1.54) is 0 Å². The number of rotatable bonds is 1. The van der Waals surface area contributed by atoms with Crippen LogP contribution >= 0.6 is 0 Å². The van der Waals surface area contributed by atoms with E-state index in [1.54, 1.807) is 0 Å². The van der Waals surface area contributed by atoms with E-state index in [-0.39, 0.29) is 12.0 Å². The molecule has 2 unspecified atom stereocenters. The highest BCUT2D eigenvalue weighted by Gasteiger charge is 2.23. The van der Waals surface area contributed by atoms with Gasteiger partial charge in [-0.05, 0) is 26.3 Å². The molecule has 2 aromatic heterocycles. The van der Waals surface area contributed by atoms with Crippen LogP contribution in [0.4, 0.5) is 0 Å². The summed E-state index contributed by atoms with van der Waals surface area (Å²) in [5.41, 5.74) is 7.96. The molecule has 5 nitrogen and oxygen atoms in total. The Morgan fingerprint density at radius 3 is 2.82 bits per heavy atom. The molecule has 88 valence electrons. The van der Waals surface area contributed by atoms with Crippen molar-refractivity contribution in [3.05, 3.63) is 35.4 Å². The number of hydrogen-bond donors (Lipinski definition) is 1. The van der Waals surface area contributed by atoms with E-state index in [1.807, 2.05) is 30.4 Å². The predicted octanol–water partition coefficient (Wildman–Crippen LogP) is 1.11. The molecular formula is C12H15N5. The minimum absolute atomic E-state index is 0.131. The summed E-state index contributed by atoms with van der Waals surface area (Å²) in [4.78, 5) is 4.38. The summed E-state index contributed by atoms with van der Waals surface area (Å²) in [6.07, 6.45) is 5.04. The number of nitrogens with zero attached hydrogens (tertiary/aromatic N) is 4. The third-order valence-corrected chi connectivity index (χ3v) is 3.17. The lowest BCUT2D eigenvalue weighted by molar-refractivity contribution is 0.667. The summed E-state index contributed by atoms with van der Waals surface area (Å²) in [5.74, 6) is 1.86. The zero-order chi connectivity index (χ0) is 12.0. The van der Waals surface area contributed by atoms with Crippen LogP contribution in [0.1, 0.15) is 29.6 Å². The normalized spacial score (nSPS) is 23.7. The average Bonchev–Trinajstić information content (AvgIpc) is 2.83. The van der Waals surface area contributed by atoms with E-state index in [9.17, 15) is 0 Å². The van der Waals surface area contributed by atoms with E-state index in [0.29, 0.717) is 5.78 Å². The molecule has 2 N–H and O–H groups in total. The summed E-state index contributed by atoms with van der Waals surface area (Å²) in [7, 11) is 0. The maximum Gasteiger partial charge on any atom is 0.255 e. The maximum atomic E-state index is 5.88. The SMILES string of the molecule is Cc1cc(C)n2c(C3C=CC(N)C3)nnc2n1. The fourth-order valence-electron chi connectivity index (χ4n) is 2.41. The van der Waals surface area contributed by atoms with Crippen LogP contribution in [-0.2, 0) is 0 Å². The summed E-state index contributed by atoms with van der Waals surface area (Å²) >= 11 is 0. The van der Waals surface area contributed by atoms with Crippen molar-refractivity contribution in [2.75, 3.05) is 0 Å². The molecular weight excluding hydrogens is 214 g/mol. The van der Waals surface area contributed by atoms with Crippen molar-refractivity contribution in [1.82, 2.24) is 19.6 Å². The molecule has 0 amide bonds. The second-order valence-electron chi connectivity index (χ2n) is 4.62. The third kappa shape index (κ3) is 1.63. The van der Waals surface area contributed by atoms with Crippen molar-refractivity contribution in [2.24, 2.45) is 5.73 Å². The van der Waals surface area contributed by atoms with Crippen LogP contribution in [-0.4, -0.2) is 25.6 Å². The monoisotopic (exact) mass is 229 g/mol. The van der Waals surface area contributed by atoms with Crippen LogP contribution in [0.2, 0.25) is 0 Å². The van der Waals surface area contributed by atoms with Crippen LogP contribution in [0.5, 0.6) is 0 Å². The molecule has 17 heavy (non-hydrogen) atoms. The number of nitrogens with two attached hydrogens (primary N) is 1. The Hall–Kier alpha value is -1.75. The Morgan fingerprint density at radius 2 is 2.12 bits per heavy atom. The van der Waals surface area contributed by atoms with Crippen LogP contribution in [0, 0.1) is 13.8 Å². The molecule has 0 radical (unpaired) electrons. The zero-order valence-electron chi connectivity index (χ0n) is 9.96. The van der Waals surface area contributed by atoms with Gasteiger partial charge < -0.3 is 5.73 Å². The largest absolute Gasteiger partial charge is 0.324 e. The Balaban J connectivity index is 2.15. The van der Waals surface area contributed by atoms with E-state index >= 15 is 0 Å². The second kappa shape index (κ2) is 3.63. The quantitative estimate of drug-likeness (QED) is 0.744. The number of aromatic nitrogens is 4. The van der Waals surface area contributed by atoms with Gasteiger partial charge in [-0.25, -0.2) is 4.98 Å². The van der Waals surface area contributed by atoms with Gasteiger partial charge in [-0.15, -0.1) is 10.2 Å². The molecule has 0 aliphatic heterocycles. The average molecular weight is 229 g/mol. The highest BCUT2D eigenvalue weighted by Crippen LogP contribution is 2.27. The number of aryl methyl sites for hydroxylation is 2. The molecule has 1 aliphatic carbocycles. The maximum absolute atomic E-state index is 5.88. The van der Waals surface area contributed by atoms with Gasteiger partial charge in [-0.1, -0.05) is 12.2 Å². The van der Waals surface area contributed by atoms with Crippen molar-refractivity contribution in [3.8, 4) is 0 Å². The summed E-state index contributed by atoms with van der Waals surface area (Å²) in [6, 6.07) is 2.17. The van der Waals surface area contributed by atoms with Crippen molar-refractivity contribution >= 4 is 5.78 Å². The van der Waals surface area contributed by atoms with Crippen molar-refractivity contribution in [1.29, 1.82) is 0 Å². The molecule has 0 saturated heterocycles. The molecule has 1 aliphatic rings. The fraction of sp³-hybridized carbons (Fsp3) is 0.417. The van der Waals surface area contributed by atoms with Crippen LogP contribution in [0.25, 0.3) is 5.78 Å². The highest BCUT2D eigenvalue weighted by molar-refractivity contribution is 5.35. The Morgan fingerprint density at radius 1 is 1.29 bits per heavy atom. The topological polar surface area (TPSA) is 69.1 Å². The minimum atomic E-state index is 0.131. The molecule has 2 atom stereocenters. The Kier molecular flexibility index (Phi) is 2.22. The van der Waals surface area contributed by atoms with Gasteiger partial charge in [-0.2, -0.15) is 0 Å². The predicted molar refractivity (Wildman–Crippen MR) is 64.7 cm³/mol. The van der Waals surface area contributed by atoms with E-state index in [0.717, 1.165) is 23.6 Å². The minimum Gasteiger partial charge on any atom is -0.324 e. The Bertz CT molecular complexity index is 598. The molecule has 0 fully saturated rings.